The molecule has 1 aromatic rings. The number of carbonyl (C=O) groups is 4. The third-order valence-electron chi connectivity index (χ3n) is 8.69. The third-order valence-corrected chi connectivity index (χ3v) is 8.69. The summed E-state index contributed by atoms with van der Waals surface area (Å²) in [5, 5.41) is 12.4. The summed E-state index contributed by atoms with van der Waals surface area (Å²) in [5.41, 5.74) is 0.802. The Morgan fingerprint density at radius 2 is 1.83 bits per heavy atom. The molecule has 4 aliphatic rings. The maximum Gasteiger partial charge on any atom is 0.408 e. The van der Waals surface area contributed by atoms with Crippen LogP contribution in [0.3, 0.4) is 0 Å². The molecule has 7 atom stereocenters. The zero-order valence-corrected chi connectivity index (χ0v) is 24.7. The minimum Gasteiger partial charge on any atom is -0.444 e. The van der Waals surface area contributed by atoms with Crippen LogP contribution in [-0.2, 0) is 14.3 Å². The number of nitrogens with one attached hydrogen (secondary N) is 1. The van der Waals surface area contributed by atoms with Gasteiger partial charge in [0.2, 0.25) is 11.8 Å². The number of piperazine rings is 1. The van der Waals surface area contributed by atoms with Gasteiger partial charge in [0.1, 0.15) is 17.7 Å². The molecule has 1 N–H and O–H groups in total. The van der Waals surface area contributed by atoms with Crippen LogP contribution in [0.25, 0.3) is 0 Å². The lowest BCUT2D eigenvalue weighted by Gasteiger charge is -2.39. The first-order valence-corrected chi connectivity index (χ1v) is 14.4. The van der Waals surface area contributed by atoms with Crippen molar-refractivity contribution >= 4 is 23.8 Å². The summed E-state index contributed by atoms with van der Waals surface area (Å²) in [4.78, 5) is 59.4. The lowest BCUT2D eigenvalue weighted by molar-refractivity contribution is -0.141. The molecule has 220 valence electrons. The molecule has 1 aliphatic carbocycles. The van der Waals surface area contributed by atoms with Gasteiger partial charge in [0.25, 0.3) is 5.91 Å². The number of ether oxygens (including phenoxy) is 1. The maximum atomic E-state index is 13.8. The maximum absolute atomic E-state index is 13.8. The highest BCUT2D eigenvalue weighted by atomic mass is 16.6. The number of carbonyl (C=O) groups excluding carboxylic acids is 4. The molecule has 1 aromatic carbocycles. The van der Waals surface area contributed by atoms with Crippen LogP contribution in [0.1, 0.15) is 68.9 Å². The first kappa shape index (κ1) is 28.9. The van der Waals surface area contributed by atoms with Crippen LogP contribution in [0.2, 0.25) is 0 Å². The quantitative estimate of drug-likeness (QED) is 0.538. The summed E-state index contributed by atoms with van der Waals surface area (Å²) in [6, 6.07) is 7.62. The molecule has 3 aliphatic heterocycles. The highest BCUT2D eigenvalue weighted by Gasteiger charge is 2.56. The number of nitrogens with zero attached hydrogens (tertiary/aromatic N) is 5. The average molecular weight is 565 g/mol. The van der Waals surface area contributed by atoms with Gasteiger partial charge in [0.05, 0.1) is 18.2 Å². The minimum atomic E-state index is -0.931. The smallest absolute Gasteiger partial charge is 0.408 e. The average Bonchev–Trinajstić information content (AvgIpc) is 3.23. The number of benzene rings is 1. The zero-order valence-electron chi connectivity index (χ0n) is 24.7. The van der Waals surface area contributed by atoms with E-state index in [4.69, 9.17) is 4.74 Å². The Balaban J connectivity index is 1.28. The molecule has 11 heteroatoms. The normalized spacial score (nSPS) is 28.1. The number of likely N-dealkylation sites (tertiary alicyclic amines) is 3. The van der Waals surface area contributed by atoms with Gasteiger partial charge in [-0.1, -0.05) is 12.1 Å². The first-order valence-electron chi connectivity index (χ1n) is 14.4. The second kappa shape index (κ2) is 10.6. The van der Waals surface area contributed by atoms with Gasteiger partial charge in [-0.25, -0.2) is 4.79 Å². The topological polar surface area (TPSA) is 126 Å². The third kappa shape index (κ3) is 5.62. The van der Waals surface area contributed by atoms with Gasteiger partial charge in [-0.15, -0.1) is 0 Å². The summed E-state index contributed by atoms with van der Waals surface area (Å²) in [6.45, 7) is 8.00. The van der Waals surface area contributed by atoms with Crippen molar-refractivity contribution < 1.29 is 23.9 Å². The zero-order chi connectivity index (χ0) is 29.8. The van der Waals surface area contributed by atoms with Crippen LogP contribution in [0, 0.1) is 17.2 Å². The minimum absolute atomic E-state index is 0.0102. The number of nitriles is 1. The van der Waals surface area contributed by atoms with E-state index < -0.39 is 29.8 Å². The van der Waals surface area contributed by atoms with E-state index in [1.807, 2.05) is 28.9 Å². The molecular formula is C30H40N6O5. The summed E-state index contributed by atoms with van der Waals surface area (Å²) in [6.07, 6.45) is 1.49. The molecule has 2 bridgehead atoms. The molecule has 0 aromatic heterocycles. The Labute approximate surface area is 241 Å². The van der Waals surface area contributed by atoms with Crippen molar-refractivity contribution in [3.63, 3.8) is 0 Å². The second-order valence-electron chi connectivity index (χ2n) is 13.0. The van der Waals surface area contributed by atoms with Crippen molar-refractivity contribution in [3.8, 4) is 6.07 Å². The van der Waals surface area contributed by atoms with Crippen LogP contribution in [0.4, 0.5) is 4.79 Å². The number of alkyl carbamates (subject to hydrolysis) is 1. The number of hydrogen-bond acceptors (Lipinski definition) is 7. The lowest BCUT2D eigenvalue weighted by Crippen LogP contribution is -2.59. The number of hydrogen-bond donors (Lipinski definition) is 1. The SMILES string of the molecule is C[C@@H](c1ccc(C(=O)N(C)C)cc1)N1C(=O)[C@H]2C[C@@H]1CN2C[C@H](NC(=O)OC(C)(C)C)C(=O)N1[C@H](C#N)C[C@@H]2C[C@@H]21. The summed E-state index contributed by atoms with van der Waals surface area (Å²) < 4.78 is 5.45. The van der Waals surface area contributed by atoms with E-state index in [0.717, 1.165) is 12.0 Å². The molecule has 1 saturated carbocycles. The fourth-order valence-electron chi connectivity index (χ4n) is 6.66. The van der Waals surface area contributed by atoms with E-state index in [9.17, 15) is 24.4 Å². The van der Waals surface area contributed by atoms with Crippen LogP contribution < -0.4 is 5.32 Å². The number of fused-ring (bicyclic) bond motifs is 3. The predicted octanol–water partition coefficient (Wildman–Crippen LogP) is 2.14. The molecule has 0 spiro atoms. The Bertz CT molecular complexity index is 1270. The Kier molecular flexibility index (Phi) is 7.49. The molecule has 4 fully saturated rings. The fraction of sp³-hybridized carbons (Fsp3) is 0.633. The van der Waals surface area contributed by atoms with Crippen molar-refractivity contribution in [1.29, 1.82) is 5.26 Å². The standard InChI is InChI=1S/C30H40N6O5/c1-17(18-7-9-19(10-8-18)26(37)33(5)6)35-22-13-25(28(35)39)34(15-22)16-23(32-29(40)41-30(2,3)4)27(38)36-21(14-31)11-20-12-24(20)36/h7-10,17,20-25H,11-13,15-16H2,1-6H3,(H,32,40)/t17-,20+,21-,22+,23-,24-,25+/m0/s1. The van der Waals surface area contributed by atoms with Crippen molar-refractivity contribution in [2.45, 2.75) is 88.8 Å². The monoisotopic (exact) mass is 564 g/mol. The lowest BCUT2D eigenvalue weighted by atomic mass is 10.0. The molecular weight excluding hydrogens is 524 g/mol. The van der Waals surface area contributed by atoms with E-state index in [-0.39, 0.29) is 42.4 Å². The number of piperidine rings is 1. The Hall–Kier alpha value is -3.65. The molecule has 0 radical (unpaired) electrons. The van der Waals surface area contributed by atoms with Gasteiger partial charge in [-0.05, 0) is 70.6 Å². The molecule has 3 saturated heterocycles. The summed E-state index contributed by atoms with van der Waals surface area (Å²) in [7, 11) is 3.42. The van der Waals surface area contributed by atoms with E-state index in [2.05, 4.69) is 11.4 Å². The van der Waals surface area contributed by atoms with Gasteiger partial charge in [0.15, 0.2) is 0 Å². The Morgan fingerprint density at radius 3 is 2.41 bits per heavy atom. The summed E-state index contributed by atoms with van der Waals surface area (Å²) >= 11 is 0. The molecule has 11 nitrogen and oxygen atoms in total. The van der Waals surface area contributed by atoms with Gasteiger partial charge in [-0.2, -0.15) is 5.26 Å². The first-order chi connectivity index (χ1) is 19.3. The molecule has 41 heavy (non-hydrogen) atoms. The highest BCUT2D eigenvalue weighted by molar-refractivity contribution is 5.94. The fourth-order valence-corrected chi connectivity index (χ4v) is 6.66. The molecule has 4 amide bonds. The van der Waals surface area contributed by atoms with Crippen LogP contribution in [0.5, 0.6) is 0 Å². The number of rotatable bonds is 7. The molecule has 0 unspecified atom stereocenters. The van der Waals surface area contributed by atoms with Crippen LogP contribution >= 0.6 is 0 Å². The van der Waals surface area contributed by atoms with E-state index in [1.165, 1.54) is 4.90 Å². The summed E-state index contributed by atoms with van der Waals surface area (Å²) in [5.74, 6) is -0.0306. The largest absolute Gasteiger partial charge is 0.444 e. The van der Waals surface area contributed by atoms with E-state index in [0.29, 0.717) is 30.9 Å². The van der Waals surface area contributed by atoms with Gasteiger partial charge in [0, 0.05) is 44.8 Å². The molecule has 5 rings (SSSR count). The van der Waals surface area contributed by atoms with Gasteiger partial charge < -0.3 is 24.8 Å². The molecule has 3 heterocycles. The van der Waals surface area contributed by atoms with Crippen molar-refractivity contribution in [3.05, 3.63) is 35.4 Å². The van der Waals surface area contributed by atoms with Gasteiger partial charge >= 0.3 is 6.09 Å². The van der Waals surface area contributed by atoms with Gasteiger partial charge in [-0.3, -0.25) is 19.3 Å². The van der Waals surface area contributed by atoms with Crippen molar-refractivity contribution in [1.82, 2.24) is 24.9 Å². The van der Waals surface area contributed by atoms with Crippen LogP contribution in [-0.4, -0.2) is 106 Å². The second-order valence-corrected chi connectivity index (χ2v) is 13.0. The van der Waals surface area contributed by atoms with E-state index >= 15 is 0 Å². The highest BCUT2D eigenvalue weighted by Crippen LogP contribution is 2.48. The van der Waals surface area contributed by atoms with E-state index in [1.54, 1.807) is 51.9 Å². The Morgan fingerprint density at radius 1 is 1.15 bits per heavy atom. The number of amides is 4. The van der Waals surface area contributed by atoms with Crippen molar-refractivity contribution in [2.24, 2.45) is 5.92 Å². The van der Waals surface area contributed by atoms with Crippen molar-refractivity contribution in [2.75, 3.05) is 27.2 Å². The van der Waals surface area contributed by atoms with Crippen LogP contribution in [0.15, 0.2) is 24.3 Å². The predicted molar refractivity (Wildman–Crippen MR) is 149 cm³/mol.